The van der Waals surface area contributed by atoms with Gasteiger partial charge in [0, 0.05) is 21.9 Å². The van der Waals surface area contributed by atoms with E-state index >= 15 is 0 Å². The molecule has 0 unspecified atom stereocenters. The second-order valence-electron chi connectivity index (χ2n) is 4.84. The molecule has 1 aromatic rings. The van der Waals surface area contributed by atoms with Gasteiger partial charge in [-0.3, -0.25) is 4.98 Å². The zero-order valence-electron chi connectivity index (χ0n) is 15.8. The predicted molar refractivity (Wildman–Crippen MR) is 64.7 cm³/mol. The molecule has 86 valence electrons. The minimum absolute atomic E-state index is 0.0975. The van der Waals surface area contributed by atoms with Crippen molar-refractivity contribution in [3.05, 3.63) is 24.0 Å². The lowest BCUT2D eigenvalue weighted by atomic mass is 9.77. The number of rotatable bonds is 1. The van der Waals surface area contributed by atoms with E-state index < -0.39 is 49.1 Å². The molecule has 1 fully saturated rings. The van der Waals surface area contributed by atoms with Crippen molar-refractivity contribution >= 4 is 12.6 Å². The van der Waals surface area contributed by atoms with Gasteiger partial charge in [0.25, 0.3) is 0 Å². The summed E-state index contributed by atoms with van der Waals surface area (Å²) in [6.07, 6.45) is -0.956. The molecule has 0 aliphatic carbocycles. The highest BCUT2D eigenvalue weighted by Gasteiger charge is 2.52. The minimum atomic E-state index is -2.66. The highest BCUT2D eigenvalue weighted by Crippen LogP contribution is 2.36. The largest absolute Gasteiger partial charge is 0.496 e. The molecule has 1 saturated heterocycles. The van der Waals surface area contributed by atoms with E-state index in [9.17, 15) is 0 Å². The summed E-state index contributed by atoms with van der Waals surface area (Å²) < 4.78 is 57.8. The van der Waals surface area contributed by atoms with Crippen LogP contribution in [-0.4, -0.2) is 23.3 Å². The number of aromatic nitrogens is 1. The normalized spacial score (nSPS) is 28.6. The van der Waals surface area contributed by atoms with Crippen LogP contribution in [0.15, 0.2) is 18.4 Å². The van der Waals surface area contributed by atoms with Gasteiger partial charge >= 0.3 is 7.12 Å². The lowest BCUT2D eigenvalue weighted by Gasteiger charge is -2.32. The number of nitrogens with zero attached hydrogens (tertiary/aromatic N) is 1. The Labute approximate surface area is 106 Å². The molecule has 0 N–H and O–H groups in total. The molecule has 3 nitrogen and oxygen atoms in total. The van der Waals surface area contributed by atoms with Crippen LogP contribution in [0.3, 0.4) is 0 Å². The van der Waals surface area contributed by atoms with Crippen LogP contribution in [0.25, 0.3) is 0 Å². The zero-order chi connectivity index (χ0) is 17.1. The van der Waals surface area contributed by atoms with E-state index in [0.29, 0.717) is 0 Å². The molecule has 1 aliphatic rings. The van der Waals surface area contributed by atoms with Gasteiger partial charge in [0.2, 0.25) is 0 Å². The molecule has 0 aromatic carbocycles. The van der Waals surface area contributed by atoms with E-state index in [0.717, 1.165) is 0 Å². The maximum Gasteiger partial charge on any atom is 0.496 e. The van der Waals surface area contributed by atoms with Gasteiger partial charge in [-0.25, -0.2) is 0 Å². The topological polar surface area (TPSA) is 31.4 Å². The molecular formula is C12H18BNO2. The zero-order valence-corrected chi connectivity index (χ0v) is 9.84. The van der Waals surface area contributed by atoms with E-state index in [1.807, 2.05) is 0 Å². The summed E-state index contributed by atoms with van der Waals surface area (Å²) in [6, 6.07) is -0.527. The first kappa shape index (κ1) is 6.17. The van der Waals surface area contributed by atoms with Gasteiger partial charge in [0.1, 0.15) is 0 Å². The molecule has 1 aliphatic heterocycles. The molecular weight excluding hydrogens is 201 g/mol. The summed E-state index contributed by atoms with van der Waals surface area (Å²) in [5, 5.41) is 0. The SMILES string of the molecule is [2H]c1nc([2H])c(B2OC(C)(C)C(C)(C)O2)c(C([2H])([2H])[2H])c1[2H]. The molecule has 0 spiro atoms. The summed E-state index contributed by atoms with van der Waals surface area (Å²) in [4.78, 5) is 3.62. The first-order valence-electron chi connectivity index (χ1n) is 8.12. The Hall–Kier alpha value is -0.865. The molecule has 4 heteroatoms. The fraction of sp³-hybridized carbons (Fsp3) is 0.583. The van der Waals surface area contributed by atoms with Crippen LogP contribution >= 0.6 is 0 Å². The fourth-order valence-corrected chi connectivity index (χ4v) is 1.43. The average Bonchev–Trinajstić information content (AvgIpc) is 2.50. The Morgan fingerprint density at radius 2 is 1.94 bits per heavy atom. The summed E-state index contributed by atoms with van der Waals surface area (Å²) in [7, 11) is -1.11. The van der Waals surface area contributed by atoms with Crippen molar-refractivity contribution in [3.8, 4) is 0 Å². The molecule has 2 heterocycles. The maximum atomic E-state index is 7.93. The smallest absolute Gasteiger partial charge is 0.399 e. The van der Waals surface area contributed by atoms with Gasteiger partial charge in [-0.05, 0) is 46.2 Å². The standard InChI is InChI=1S/C12H18BNO2/c1-9-6-7-14-8-10(9)13-15-11(2,3)12(4,5)16-13/h6-8H,1-5H3/i1D3,6D,7D,8D. The molecule has 1 aromatic heterocycles. The molecule has 0 radical (unpaired) electrons. The quantitative estimate of drug-likeness (QED) is 0.681. The van der Waals surface area contributed by atoms with Crippen LogP contribution in [0.5, 0.6) is 0 Å². The fourth-order valence-electron chi connectivity index (χ4n) is 1.43. The molecule has 0 bridgehead atoms. The summed E-state index contributed by atoms with van der Waals surface area (Å²) in [5.41, 5.74) is -1.92. The Kier molecular flexibility index (Phi) is 1.38. The molecule has 0 amide bonds. The number of pyridine rings is 1. The monoisotopic (exact) mass is 225 g/mol. The van der Waals surface area contributed by atoms with E-state index in [1.54, 1.807) is 27.7 Å². The Morgan fingerprint density at radius 1 is 1.31 bits per heavy atom. The second-order valence-corrected chi connectivity index (χ2v) is 4.84. The van der Waals surface area contributed by atoms with Crippen molar-refractivity contribution < 1.29 is 17.5 Å². The van der Waals surface area contributed by atoms with Gasteiger partial charge in [-0.15, -0.1) is 0 Å². The molecule has 2 rings (SSSR count). The summed E-state index contributed by atoms with van der Waals surface area (Å²) in [6.45, 7) is 4.56. The first-order chi connectivity index (χ1) is 9.78. The summed E-state index contributed by atoms with van der Waals surface area (Å²) >= 11 is 0. The van der Waals surface area contributed by atoms with Crippen LogP contribution in [0, 0.1) is 6.85 Å². The van der Waals surface area contributed by atoms with Crippen LogP contribution in [0.1, 0.15) is 41.5 Å². The van der Waals surface area contributed by atoms with Crippen LogP contribution in [0.4, 0.5) is 0 Å². The molecule has 0 saturated carbocycles. The van der Waals surface area contributed by atoms with E-state index in [-0.39, 0.29) is 5.46 Å². The molecule has 16 heavy (non-hydrogen) atoms. The van der Waals surface area contributed by atoms with Gasteiger partial charge in [-0.2, -0.15) is 0 Å². The highest BCUT2D eigenvalue weighted by atomic mass is 16.7. The molecule has 0 atom stereocenters. The van der Waals surface area contributed by atoms with Crippen molar-refractivity contribution in [2.75, 3.05) is 0 Å². The number of hydrogen-bond donors (Lipinski definition) is 0. The van der Waals surface area contributed by atoms with Crippen molar-refractivity contribution in [2.45, 2.75) is 45.7 Å². The Bertz CT molecular complexity index is 601. The van der Waals surface area contributed by atoms with Gasteiger partial charge in [0.05, 0.1) is 15.3 Å². The lowest BCUT2D eigenvalue weighted by Crippen LogP contribution is -2.41. The van der Waals surface area contributed by atoms with E-state index in [2.05, 4.69) is 4.98 Å². The lowest BCUT2D eigenvalue weighted by molar-refractivity contribution is 0.00578. The van der Waals surface area contributed by atoms with Crippen LogP contribution in [0.2, 0.25) is 0 Å². The second kappa shape index (κ2) is 3.57. The van der Waals surface area contributed by atoms with Crippen molar-refractivity contribution in [1.29, 1.82) is 0 Å². The minimum Gasteiger partial charge on any atom is -0.399 e. The highest BCUT2D eigenvalue weighted by molar-refractivity contribution is 6.62. The van der Waals surface area contributed by atoms with Gasteiger partial charge < -0.3 is 9.31 Å². The average molecular weight is 225 g/mol. The third kappa shape index (κ3) is 1.76. The summed E-state index contributed by atoms with van der Waals surface area (Å²) in [5.74, 6) is 0. The van der Waals surface area contributed by atoms with Crippen molar-refractivity contribution in [1.82, 2.24) is 4.98 Å². The Balaban J connectivity index is 2.65. The van der Waals surface area contributed by atoms with Crippen molar-refractivity contribution in [3.63, 3.8) is 0 Å². The van der Waals surface area contributed by atoms with E-state index in [1.165, 1.54) is 0 Å². The third-order valence-electron chi connectivity index (χ3n) is 3.17. The Morgan fingerprint density at radius 3 is 2.50 bits per heavy atom. The third-order valence-corrected chi connectivity index (χ3v) is 3.17. The first-order valence-corrected chi connectivity index (χ1v) is 5.12. The van der Waals surface area contributed by atoms with Crippen LogP contribution in [-0.2, 0) is 9.31 Å². The maximum absolute atomic E-state index is 7.93. The number of hydrogen-bond acceptors (Lipinski definition) is 3. The van der Waals surface area contributed by atoms with Crippen molar-refractivity contribution in [2.24, 2.45) is 0 Å². The predicted octanol–water partition coefficient (Wildman–Crippen LogP) is 1.69. The van der Waals surface area contributed by atoms with Crippen LogP contribution < -0.4 is 5.46 Å². The van der Waals surface area contributed by atoms with E-state index in [4.69, 9.17) is 17.5 Å². The van der Waals surface area contributed by atoms with Gasteiger partial charge in [0.15, 0.2) is 0 Å². The van der Waals surface area contributed by atoms with Gasteiger partial charge in [-0.1, -0.05) is 0 Å².